The van der Waals surface area contributed by atoms with Gasteiger partial charge in [-0.3, -0.25) is 4.98 Å². The fourth-order valence-corrected chi connectivity index (χ4v) is 3.54. The molecule has 130 valence electrons. The molecule has 0 aromatic carbocycles. The summed E-state index contributed by atoms with van der Waals surface area (Å²) in [5.41, 5.74) is 2.25. The van der Waals surface area contributed by atoms with E-state index in [1.807, 2.05) is 6.07 Å². The Hall–Kier alpha value is -2.35. The number of fused-ring (bicyclic) bond motifs is 1. The third-order valence-electron chi connectivity index (χ3n) is 4.79. The average molecular weight is 334 g/mol. The zero-order chi connectivity index (χ0) is 17.1. The minimum atomic E-state index is -1.01. The van der Waals surface area contributed by atoms with Crippen LogP contribution in [0.15, 0.2) is 18.3 Å². The minimum Gasteiger partial charge on any atom is -0.465 e. The molecule has 3 rings (SSSR count). The number of aryl methyl sites for hydroxylation is 1. The van der Waals surface area contributed by atoms with Gasteiger partial charge in [0.2, 0.25) is 0 Å². The largest absolute Gasteiger partial charge is 0.465 e. The SMILES string of the molecule is O=C(O)N1CCN(C(=O)O)C(CNC2CCCc3cccnc32)C1. The molecule has 24 heavy (non-hydrogen) atoms. The van der Waals surface area contributed by atoms with Gasteiger partial charge in [-0.05, 0) is 30.9 Å². The molecule has 2 aliphatic rings. The highest BCUT2D eigenvalue weighted by molar-refractivity contribution is 5.68. The van der Waals surface area contributed by atoms with Gasteiger partial charge in [-0.25, -0.2) is 9.59 Å². The second-order valence-electron chi connectivity index (χ2n) is 6.26. The Labute approximate surface area is 140 Å². The summed E-state index contributed by atoms with van der Waals surface area (Å²) < 4.78 is 0. The van der Waals surface area contributed by atoms with Crippen LogP contribution >= 0.6 is 0 Å². The summed E-state index contributed by atoms with van der Waals surface area (Å²) in [7, 11) is 0. The summed E-state index contributed by atoms with van der Waals surface area (Å²) in [6, 6.07) is 3.71. The van der Waals surface area contributed by atoms with Crippen LogP contribution < -0.4 is 5.32 Å². The molecule has 1 aliphatic carbocycles. The summed E-state index contributed by atoms with van der Waals surface area (Å²) in [5, 5.41) is 21.9. The van der Waals surface area contributed by atoms with Gasteiger partial charge in [0.25, 0.3) is 0 Å². The van der Waals surface area contributed by atoms with Crippen LogP contribution in [0.2, 0.25) is 0 Å². The molecule has 1 aliphatic heterocycles. The number of nitrogens with one attached hydrogen (secondary N) is 1. The Morgan fingerprint density at radius 3 is 2.88 bits per heavy atom. The van der Waals surface area contributed by atoms with E-state index in [0.29, 0.717) is 6.54 Å². The average Bonchev–Trinajstić information content (AvgIpc) is 2.59. The highest BCUT2D eigenvalue weighted by Crippen LogP contribution is 2.27. The van der Waals surface area contributed by atoms with Crippen molar-refractivity contribution in [2.24, 2.45) is 0 Å². The molecule has 8 heteroatoms. The van der Waals surface area contributed by atoms with Crippen molar-refractivity contribution in [3.63, 3.8) is 0 Å². The molecular weight excluding hydrogens is 312 g/mol. The predicted molar refractivity (Wildman–Crippen MR) is 86.0 cm³/mol. The number of rotatable bonds is 3. The number of hydrogen-bond donors (Lipinski definition) is 3. The van der Waals surface area contributed by atoms with E-state index in [1.54, 1.807) is 6.20 Å². The maximum absolute atomic E-state index is 11.4. The standard InChI is InChI=1S/C16H22N4O4/c21-15(22)19-7-8-20(16(23)24)12(10-19)9-18-13-5-1-3-11-4-2-6-17-14(11)13/h2,4,6,12-13,18H,1,3,5,7-10H2,(H,21,22)(H,23,24). The molecule has 2 atom stereocenters. The van der Waals surface area contributed by atoms with E-state index in [-0.39, 0.29) is 31.7 Å². The van der Waals surface area contributed by atoms with Crippen molar-refractivity contribution in [3.8, 4) is 0 Å². The summed E-state index contributed by atoms with van der Waals surface area (Å²) in [5.74, 6) is 0. The van der Waals surface area contributed by atoms with Crippen LogP contribution in [-0.4, -0.2) is 69.4 Å². The number of carboxylic acid groups (broad SMARTS) is 2. The Balaban J connectivity index is 1.67. The van der Waals surface area contributed by atoms with E-state index in [2.05, 4.69) is 16.4 Å². The fraction of sp³-hybridized carbons (Fsp3) is 0.562. The second kappa shape index (κ2) is 7.04. The fourth-order valence-electron chi connectivity index (χ4n) is 3.54. The highest BCUT2D eigenvalue weighted by Gasteiger charge is 2.33. The van der Waals surface area contributed by atoms with Gasteiger partial charge in [0.15, 0.2) is 0 Å². The van der Waals surface area contributed by atoms with Crippen molar-refractivity contribution in [3.05, 3.63) is 29.6 Å². The maximum atomic E-state index is 11.4. The van der Waals surface area contributed by atoms with Crippen molar-refractivity contribution in [2.45, 2.75) is 31.3 Å². The molecule has 0 bridgehead atoms. The predicted octanol–water partition coefficient (Wildman–Crippen LogP) is 1.39. The Morgan fingerprint density at radius 2 is 2.12 bits per heavy atom. The summed E-state index contributed by atoms with van der Waals surface area (Å²) >= 11 is 0. The monoisotopic (exact) mass is 334 g/mol. The van der Waals surface area contributed by atoms with E-state index < -0.39 is 12.2 Å². The highest BCUT2D eigenvalue weighted by atomic mass is 16.4. The molecule has 2 amide bonds. The van der Waals surface area contributed by atoms with E-state index in [0.717, 1.165) is 25.0 Å². The molecule has 1 aromatic rings. The molecule has 1 fully saturated rings. The lowest BCUT2D eigenvalue weighted by Crippen LogP contribution is -2.59. The number of aromatic nitrogens is 1. The molecule has 1 saturated heterocycles. The van der Waals surface area contributed by atoms with Gasteiger partial charge in [0.05, 0.1) is 11.7 Å². The number of nitrogens with zero attached hydrogens (tertiary/aromatic N) is 3. The van der Waals surface area contributed by atoms with Crippen molar-refractivity contribution in [1.29, 1.82) is 0 Å². The van der Waals surface area contributed by atoms with Gasteiger partial charge in [0, 0.05) is 38.4 Å². The van der Waals surface area contributed by atoms with E-state index >= 15 is 0 Å². The molecule has 0 radical (unpaired) electrons. The Morgan fingerprint density at radius 1 is 1.29 bits per heavy atom. The van der Waals surface area contributed by atoms with Crippen LogP contribution in [0.5, 0.6) is 0 Å². The molecular formula is C16H22N4O4. The lowest BCUT2D eigenvalue weighted by atomic mass is 9.91. The molecule has 0 spiro atoms. The first-order valence-electron chi connectivity index (χ1n) is 8.21. The second-order valence-corrected chi connectivity index (χ2v) is 6.26. The zero-order valence-corrected chi connectivity index (χ0v) is 13.4. The maximum Gasteiger partial charge on any atom is 0.407 e. The lowest BCUT2D eigenvalue weighted by molar-refractivity contribution is 0.0625. The van der Waals surface area contributed by atoms with Crippen molar-refractivity contribution < 1.29 is 19.8 Å². The number of amides is 2. The topological polar surface area (TPSA) is 106 Å². The molecule has 1 aromatic heterocycles. The number of hydrogen-bond acceptors (Lipinski definition) is 4. The van der Waals surface area contributed by atoms with Crippen LogP contribution in [0, 0.1) is 0 Å². The normalized spacial score (nSPS) is 23.7. The molecule has 0 saturated carbocycles. The van der Waals surface area contributed by atoms with Crippen LogP contribution in [0.25, 0.3) is 0 Å². The molecule has 8 nitrogen and oxygen atoms in total. The summed E-state index contributed by atoms with van der Waals surface area (Å²) in [6.45, 7) is 1.02. The van der Waals surface area contributed by atoms with Gasteiger partial charge >= 0.3 is 12.2 Å². The summed E-state index contributed by atoms with van der Waals surface area (Å²) in [4.78, 5) is 29.7. The van der Waals surface area contributed by atoms with Gasteiger partial charge in [-0.15, -0.1) is 0 Å². The van der Waals surface area contributed by atoms with Crippen LogP contribution in [-0.2, 0) is 6.42 Å². The van der Waals surface area contributed by atoms with Crippen LogP contribution in [0.1, 0.15) is 30.1 Å². The van der Waals surface area contributed by atoms with Crippen molar-refractivity contribution >= 4 is 12.2 Å². The Kier molecular flexibility index (Phi) is 4.84. The van der Waals surface area contributed by atoms with Crippen LogP contribution in [0.3, 0.4) is 0 Å². The smallest absolute Gasteiger partial charge is 0.407 e. The number of pyridine rings is 1. The van der Waals surface area contributed by atoms with Gasteiger partial charge in [-0.2, -0.15) is 0 Å². The molecule has 2 heterocycles. The first kappa shape index (κ1) is 16.5. The minimum absolute atomic E-state index is 0.0887. The van der Waals surface area contributed by atoms with E-state index in [4.69, 9.17) is 5.11 Å². The third-order valence-corrected chi connectivity index (χ3v) is 4.79. The summed E-state index contributed by atoms with van der Waals surface area (Å²) in [6.07, 6.45) is 2.79. The Bertz CT molecular complexity index is 624. The first-order valence-corrected chi connectivity index (χ1v) is 8.21. The van der Waals surface area contributed by atoms with E-state index in [9.17, 15) is 14.7 Å². The van der Waals surface area contributed by atoms with Gasteiger partial charge in [-0.1, -0.05) is 6.07 Å². The quantitative estimate of drug-likeness (QED) is 0.771. The number of carbonyl (C=O) groups is 2. The molecule has 3 N–H and O–H groups in total. The first-order chi connectivity index (χ1) is 11.6. The van der Waals surface area contributed by atoms with Crippen LogP contribution in [0.4, 0.5) is 9.59 Å². The van der Waals surface area contributed by atoms with Crippen molar-refractivity contribution in [1.82, 2.24) is 20.1 Å². The third kappa shape index (κ3) is 3.43. The van der Waals surface area contributed by atoms with E-state index in [1.165, 1.54) is 15.4 Å². The molecule has 2 unspecified atom stereocenters. The number of piperazine rings is 1. The van der Waals surface area contributed by atoms with Crippen molar-refractivity contribution in [2.75, 3.05) is 26.2 Å². The zero-order valence-electron chi connectivity index (χ0n) is 13.4. The lowest BCUT2D eigenvalue weighted by Gasteiger charge is -2.39. The van der Waals surface area contributed by atoms with Gasteiger partial charge in [0.1, 0.15) is 0 Å². The van der Waals surface area contributed by atoms with Gasteiger partial charge < -0.3 is 25.3 Å².